The average Bonchev–Trinajstić information content (AvgIpc) is 2.80. The molecule has 0 radical (unpaired) electrons. The van der Waals surface area contributed by atoms with Crippen molar-refractivity contribution in [3.05, 3.63) is 102 Å². The summed E-state index contributed by atoms with van der Waals surface area (Å²) in [5, 5.41) is 0. The van der Waals surface area contributed by atoms with Crippen LogP contribution in [0.2, 0.25) is 0 Å². The fraction of sp³-hybridized carbons (Fsp3) is 0.269. The molecule has 160 valence electrons. The van der Waals surface area contributed by atoms with Crippen molar-refractivity contribution >= 4 is 0 Å². The lowest BCUT2D eigenvalue weighted by molar-refractivity contribution is -0.152. The monoisotopic (exact) mass is 420 g/mol. The standard InChI is InChI=1S/C26H26F2N2O/c1-3-12-26(23-8-10-24(27)11-9-23)13-14-30(18-31-26)19(2)20-4-6-21(7-5-20)22-15-25(28)17-29-16-22/h3-11,15-17,19H,1,12-14,18H2,2H3/t19-,26+/m0/s1. The molecule has 1 aliphatic rings. The second-order valence-corrected chi connectivity index (χ2v) is 8.02. The number of hydrogen-bond donors (Lipinski definition) is 0. The quantitative estimate of drug-likeness (QED) is 0.442. The molecule has 5 heteroatoms. The number of nitrogens with zero attached hydrogens (tertiary/aromatic N) is 2. The molecular weight excluding hydrogens is 394 g/mol. The maximum atomic E-state index is 13.5. The van der Waals surface area contributed by atoms with E-state index < -0.39 is 5.60 Å². The second-order valence-electron chi connectivity index (χ2n) is 8.02. The van der Waals surface area contributed by atoms with Crippen molar-refractivity contribution in [1.82, 2.24) is 9.88 Å². The number of pyridine rings is 1. The minimum atomic E-state index is -0.472. The first-order chi connectivity index (χ1) is 15.0. The van der Waals surface area contributed by atoms with E-state index in [0.717, 1.165) is 35.2 Å². The van der Waals surface area contributed by atoms with Crippen LogP contribution in [0.4, 0.5) is 8.78 Å². The fourth-order valence-corrected chi connectivity index (χ4v) is 4.20. The van der Waals surface area contributed by atoms with Gasteiger partial charge in [0.2, 0.25) is 0 Å². The van der Waals surface area contributed by atoms with Crippen molar-refractivity contribution in [1.29, 1.82) is 0 Å². The number of rotatable bonds is 6. The highest BCUT2D eigenvalue weighted by Crippen LogP contribution is 2.39. The van der Waals surface area contributed by atoms with Gasteiger partial charge in [-0.1, -0.05) is 42.5 Å². The van der Waals surface area contributed by atoms with Gasteiger partial charge >= 0.3 is 0 Å². The van der Waals surface area contributed by atoms with E-state index in [-0.39, 0.29) is 17.7 Å². The Kier molecular flexibility index (Phi) is 6.25. The Labute approximate surface area is 182 Å². The molecule has 3 nitrogen and oxygen atoms in total. The van der Waals surface area contributed by atoms with Gasteiger partial charge in [-0.25, -0.2) is 8.78 Å². The van der Waals surface area contributed by atoms with Crippen molar-refractivity contribution < 1.29 is 13.5 Å². The minimum Gasteiger partial charge on any atom is -0.355 e. The van der Waals surface area contributed by atoms with E-state index >= 15 is 0 Å². The molecule has 1 aliphatic heterocycles. The maximum absolute atomic E-state index is 13.5. The summed E-state index contributed by atoms with van der Waals surface area (Å²) in [4.78, 5) is 6.20. The van der Waals surface area contributed by atoms with E-state index in [1.807, 2.05) is 18.2 Å². The van der Waals surface area contributed by atoms with Gasteiger partial charge in [0.25, 0.3) is 0 Å². The lowest BCUT2D eigenvalue weighted by atomic mass is 9.85. The summed E-state index contributed by atoms with van der Waals surface area (Å²) >= 11 is 0. The van der Waals surface area contributed by atoms with E-state index in [1.165, 1.54) is 24.4 Å². The molecule has 3 aromatic rings. The molecule has 2 atom stereocenters. The van der Waals surface area contributed by atoms with Crippen molar-refractivity contribution in [2.45, 2.75) is 31.4 Å². The predicted molar refractivity (Wildman–Crippen MR) is 118 cm³/mol. The minimum absolute atomic E-state index is 0.162. The van der Waals surface area contributed by atoms with Crippen LogP contribution in [0.5, 0.6) is 0 Å². The van der Waals surface area contributed by atoms with Crippen LogP contribution in [-0.4, -0.2) is 23.2 Å². The van der Waals surface area contributed by atoms with Crippen LogP contribution in [0.25, 0.3) is 11.1 Å². The Morgan fingerprint density at radius 3 is 2.42 bits per heavy atom. The van der Waals surface area contributed by atoms with Crippen molar-refractivity contribution in [3.63, 3.8) is 0 Å². The Morgan fingerprint density at radius 2 is 1.81 bits per heavy atom. The molecule has 1 fully saturated rings. The first kappa shape index (κ1) is 21.3. The Bertz CT molecular complexity index is 1030. The van der Waals surface area contributed by atoms with E-state index in [1.54, 1.807) is 18.3 Å². The summed E-state index contributed by atoms with van der Waals surface area (Å²) in [6.45, 7) is 7.36. The molecule has 4 rings (SSSR count). The molecule has 0 bridgehead atoms. The molecule has 2 heterocycles. The Balaban J connectivity index is 1.46. The summed E-state index contributed by atoms with van der Waals surface area (Å²) in [6.07, 6.45) is 6.20. The van der Waals surface area contributed by atoms with Crippen molar-refractivity contribution in [2.75, 3.05) is 13.3 Å². The van der Waals surface area contributed by atoms with Crippen LogP contribution >= 0.6 is 0 Å². The van der Waals surface area contributed by atoms with Gasteiger partial charge in [-0.2, -0.15) is 0 Å². The van der Waals surface area contributed by atoms with Gasteiger partial charge in [-0.3, -0.25) is 9.88 Å². The van der Waals surface area contributed by atoms with Crippen LogP contribution in [0, 0.1) is 11.6 Å². The number of benzene rings is 2. The highest BCUT2D eigenvalue weighted by Gasteiger charge is 2.37. The largest absolute Gasteiger partial charge is 0.355 e. The molecule has 0 N–H and O–H groups in total. The van der Waals surface area contributed by atoms with Gasteiger partial charge in [0, 0.05) is 24.3 Å². The summed E-state index contributed by atoms with van der Waals surface area (Å²) in [6, 6.07) is 16.3. The van der Waals surface area contributed by atoms with Gasteiger partial charge in [0.05, 0.1) is 11.8 Å². The smallest absolute Gasteiger partial charge is 0.142 e. The van der Waals surface area contributed by atoms with Gasteiger partial charge in [0.1, 0.15) is 18.4 Å². The molecule has 0 unspecified atom stereocenters. The van der Waals surface area contributed by atoms with E-state index in [0.29, 0.717) is 13.2 Å². The number of halogens is 2. The summed E-state index contributed by atoms with van der Waals surface area (Å²) < 4.78 is 33.2. The third kappa shape index (κ3) is 4.58. The highest BCUT2D eigenvalue weighted by molar-refractivity contribution is 5.62. The Hall–Kier alpha value is -2.89. The third-order valence-corrected chi connectivity index (χ3v) is 6.13. The van der Waals surface area contributed by atoms with Crippen LogP contribution in [0.3, 0.4) is 0 Å². The van der Waals surface area contributed by atoms with Crippen molar-refractivity contribution in [3.8, 4) is 11.1 Å². The van der Waals surface area contributed by atoms with Crippen LogP contribution < -0.4 is 0 Å². The summed E-state index contributed by atoms with van der Waals surface area (Å²) in [7, 11) is 0. The third-order valence-electron chi connectivity index (χ3n) is 6.13. The summed E-state index contributed by atoms with van der Waals surface area (Å²) in [5.41, 5.74) is 3.36. The van der Waals surface area contributed by atoms with Crippen LogP contribution in [0.1, 0.15) is 36.9 Å². The average molecular weight is 421 g/mol. The molecule has 0 amide bonds. The van der Waals surface area contributed by atoms with Crippen LogP contribution in [-0.2, 0) is 10.3 Å². The van der Waals surface area contributed by atoms with Crippen molar-refractivity contribution in [2.24, 2.45) is 0 Å². The van der Waals surface area contributed by atoms with Crippen LogP contribution in [0.15, 0.2) is 79.6 Å². The molecule has 1 aromatic heterocycles. The lowest BCUT2D eigenvalue weighted by Crippen LogP contribution is -2.45. The maximum Gasteiger partial charge on any atom is 0.142 e. The van der Waals surface area contributed by atoms with Gasteiger partial charge in [-0.15, -0.1) is 6.58 Å². The number of ether oxygens (including phenoxy) is 1. The van der Waals surface area contributed by atoms with E-state index in [2.05, 4.69) is 35.5 Å². The molecule has 0 aliphatic carbocycles. The van der Waals surface area contributed by atoms with E-state index in [9.17, 15) is 8.78 Å². The second kappa shape index (κ2) is 9.08. The fourth-order valence-electron chi connectivity index (χ4n) is 4.20. The zero-order valence-electron chi connectivity index (χ0n) is 17.6. The first-order valence-corrected chi connectivity index (χ1v) is 10.5. The first-order valence-electron chi connectivity index (χ1n) is 10.5. The molecule has 0 spiro atoms. The molecule has 31 heavy (non-hydrogen) atoms. The highest BCUT2D eigenvalue weighted by atomic mass is 19.1. The topological polar surface area (TPSA) is 25.4 Å². The number of aromatic nitrogens is 1. The Morgan fingerprint density at radius 1 is 1.06 bits per heavy atom. The SMILES string of the molecule is C=CC[C@]1(c2ccc(F)cc2)CCN([C@@H](C)c2ccc(-c3cncc(F)c3)cc2)CO1. The molecular formula is C26H26F2N2O. The zero-order valence-corrected chi connectivity index (χ0v) is 17.6. The van der Waals surface area contributed by atoms with Gasteiger partial charge < -0.3 is 4.74 Å². The van der Waals surface area contributed by atoms with Gasteiger partial charge in [-0.05, 0) is 54.7 Å². The van der Waals surface area contributed by atoms with Gasteiger partial charge in [0.15, 0.2) is 0 Å². The zero-order chi connectivity index (χ0) is 21.8. The number of hydrogen-bond acceptors (Lipinski definition) is 3. The summed E-state index contributed by atoms with van der Waals surface area (Å²) in [5.74, 6) is -0.592. The predicted octanol–water partition coefficient (Wildman–Crippen LogP) is 6.24. The normalized spacial score (nSPS) is 20.4. The molecule has 0 saturated carbocycles. The van der Waals surface area contributed by atoms with E-state index in [4.69, 9.17) is 4.74 Å². The molecule has 2 aromatic carbocycles. The molecule has 1 saturated heterocycles. The lowest BCUT2D eigenvalue weighted by Gasteiger charge is -2.44.